The van der Waals surface area contributed by atoms with Crippen LogP contribution in [0.1, 0.15) is 10.4 Å². The largest absolute Gasteiger partial charge is 0.508 e. The van der Waals surface area contributed by atoms with Crippen LogP contribution >= 0.6 is 0 Å². The van der Waals surface area contributed by atoms with Crippen molar-refractivity contribution in [3.8, 4) is 39.9 Å². The second-order valence-electron chi connectivity index (χ2n) is 7.61. The zero-order valence-corrected chi connectivity index (χ0v) is 17.2. The summed E-state index contributed by atoms with van der Waals surface area (Å²) < 4.78 is 5.69. The third-order valence-corrected chi connectivity index (χ3v) is 5.55. The minimum absolute atomic E-state index is 0.000528. The van der Waals surface area contributed by atoms with Crippen LogP contribution in [0.2, 0.25) is 0 Å². The van der Waals surface area contributed by atoms with Crippen LogP contribution in [0.3, 0.4) is 0 Å². The summed E-state index contributed by atoms with van der Waals surface area (Å²) in [6.45, 7) is 0. The van der Waals surface area contributed by atoms with Crippen molar-refractivity contribution in [1.29, 1.82) is 0 Å². The molecule has 0 fully saturated rings. The van der Waals surface area contributed by atoms with E-state index in [9.17, 15) is 25.2 Å². The van der Waals surface area contributed by atoms with Crippen molar-refractivity contribution in [1.82, 2.24) is 0 Å². The second-order valence-corrected chi connectivity index (χ2v) is 7.61. The standard InChI is InChI=1S/C27H18O6/c28-15-5-7-19-22(13-15)18(9-10-24(19)30)17-3-1-2-4-21(17)27(32)33-26-12-11-25(31)20-8-6-16(29)14-23(20)26/h1-14,28-31H. The normalized spacial score (nSPS) is 11.0. The summed E-state index contributed by atoms with van der Waals surface area (Å²) in [6, 6.07) is 22.0. The van der Waals surface area contributed by atoms with Crippen LogP contribution < -0.4 is 4.74 Å². The molecule has 4 N–H and O–H groups in total. The van der Waals surface area contributed by atoms with E-state index in [1.165, 1.54) is 42.5 Å². The first-order chi connectivity index (χ1) is 15.9. The third kappa shape index (κ3) is 3.53. The molecule has 0 aliphatic carbocycles. The van der Waals surface area contributed by atoms with Crippen molar-refractivity contribution in [2.45, 2.75) is 0 Å². The van der Waals surface area contributed by atoms with E-state index in [4.69, 9.17) is 4.74 Å². The SMILES string of the molecule is O=C(Oc1ccc(O)c2ccc(O)cc12)c1ccccc1-c1ccc(O)c2ccc(O)cc12. The molecule has 33 heavy (non-hydrogen) atoms. The maximum Gasteiger partial charge on any atom is 0.344 e. The van der Waals surface area contributed by atoms with Crippen molar-refractivity contribution in [2.24, 2.45) is 0 Å². The summed E-state index contributed by atoms with van der Waals surface area (Å²) in [7, 11) is 0. The van der Waals surface area contributed by atoms with Gasteiger partial charge in [0.1, 0.15) is 28.7 Å². The molecule has 5 aromatic rings. The monoisotopic (exact) mass is 438 g/mol. The number of hydrogen-bond acceptors (Lipinski definition) is 6. The van der Waals surface area contributed by atoms with E-state index < -0.39 is 5.97 Å². The number of carbonyl (C=O) groups is 1. The van der Waals surface area contributed by atoms with Gasteiger partial charge in [0.2, 0.25) is 0 Å². The molecule has 0 unspecified atom stereocenters. The molecule has 6 nitrogen and oxygen atoms in total. The quantitative estimate of drug-likeness (QED) is 0.213. The van der Waals surface area contributed by atoms with Crippen LogP contribution in [0.4, 0.5) is 0 Å². The lowest BCUT2D eigenvalue weighted by Gasteiger charge is -2.14. The average molecular weight is 438 g/mol. The predicted octanol–water partition coefficient (Wildman–Crippen LogP) is 5.70. The molecule has 6 heteroatoms. The van der Waals surface area contributed by atoms with Gasteiger partial charge in [0.05, 0.1) is 5.56 Å². The fourth-order valence-electron chi connectivity index (χ4n) is 3.99. The maximum absolute atomic E-state index is 13.2. The lowest BCUT2D eigenvalue weighted by Crippen LogP contribution is -2.10. The smallest absolute Gasteiger partial charge is 0.344 e. The van der Waals surface area contributed by atoms with Crippen LogP contribution in [0.15, 0.2) is 84.9 Å². The Morgan fingerprint density at radius 2 is 1.18 bits per heavy atom. The summed E-state index contributed by atoms with van der Waals surface area (Å²) in [4.78, 5) is 13.2. The molecule has 0 spiro atoms. The molecule has 5 rings (SSSR count). The Balaban J connectivity index is 1.63. The fourth-order valence-corrected chi connectivity index (χ4v) is 3.99. The van der Waals surface area contributed by atoms with Gasteiger partial charge in [0.25, 0.3) is 0 Å². The van der Waals surface area contributed by atoms with E-state index >= 15 is 0 Å². The molecule has 162 valence electrons. The number of ether oxygens (including phenoxy) is 1. The van der Waals surface area contributed by atoms with Crippen LogP contribution in [-0.2, 0) is 0 Å². The van der Waals surface area contributed by atoms with Gasteiger partial charge in [-0.15, -0.1) is 0 Å². The molecular formula is C27H18O6. The van der Waals surface area contributed by atoms with Crippen LogP contribution in [0.25, 0.3) is 32.7 Å². The van der Waals surface area contributed by atoms with E-state index in [-0.39, 0.29) is 34.3 Å². The van der Waals surface area contributed by atoms with Gasteiger partial charge in [-0.3, -0.25) is 0 Å². The zero-order valence-electron chi connectivity index (χ0n) is 17.2. The highest BCUT2D eigenvalue weighted by Crippen LogP contribution is 2.38. The molecule has 0 saturated heterocycles. The predicted molar refractivity (Wildman–Crippen MR) is 125 cm³/mol. The van der Waals surface area contributed by atoms with Gasteiger partial charge in [0.15, 0.2) is 0 Å². The number of benzene rings is 5. The topological polar surface area (TPSA) is 107 Å². The number of carbonyl (C=O) groups excluding carboxylic acids is 1. The molecule has 0 amide bonds. The number of rotatable bonds is 3. The molecule has 0 saturated carbocycles. The summed E-state index contributed by atoms with van der Waals surface area (Å²) in [5.41, 5.74) is 1.47. The van der Waals surface area contributed by atoms with Gasteiger partial charge in [-0.25, -0.2) is 4.79 Å². The van der Waals surface area contributed by atoms with E-state index in [2.05, 4.69) is 0 Å². The number of esters is 1. The molecule has 0 bridgehead atoms. The van der Waals surface area contributed by atoms with E-state index in [0.717, 1.165) is 0 Å². The first kappa shape index (κ1) is 20.2. The van der Waals surface area contributed by atoms with Crippen molar-refractivity contribution in [3.63, 3.8) is 0 Å². The third-order valence-electron chi connectivity index (χ3n) is 5.55. The molecule has 0 aliphatic heterocycles. The molecule has 0 radical (unpaired) electrons. The van der Waals surface area contributed by atoms with E-state index in [1.807, 2.05) is 0 Å². The summed E-state index contributed by atoms with van der Waals surface area (Å²) in [5, 5.41) is 42.2. The van der Waals surface area contributed by atoms with Crippen molar-refractivity contribution < 1.29 is 30.0 Å². The van der Waals surface area contributed by atoms with Gasteiger partial charge in [-0.05, 0) is 77.2 Å². The van der Waals surface area contributed by atoms with Crippen molar-refractivity contribution in [3.05, 3.63) is 90.5 Å². The van der Waals surface area contributed by atoms with Crippen LogP contribution in [-0.4, -0.2) is 26.4 Å². The summed E-state index contributed by atoms with van der Waals surface area (Å²) in [6.07, 6.45) is 0. The van der Waals surface area contributed by atoms with Gasteiger partial charge < -0.3 is 25.2 Å². The Kier molecular flexibility index (Phi) is 4.75. The highest BCUT2D eigenvalue weighted by atomic mass is 16.5. The number of aromatic hydroxyl groups is 4. The first-order valence-electron chi connectivity index (χ1n) is 10.1. The minimum Gasteiger partial charge on any atom is -0.508 e. The second kappa shape index (κ2) is 7.76. The number of phenols is 4. The van der Waals surface area contributed by atoms with E-state index in [0.29, 0.717) is 32.7 Å². The lowest BCUT2D eigenvalue weighted by molar-refractivity contribution is 0.0737. The van der Waals surface area contributed by atoms with Crippen molar-refractivity contribution in [2.75, 3.05) is 0 Å². The number of phenolic OH excluding ortho intramolecular Hbond substituents is 4. The average Bonchev–Trinajstić information content (AvgIpc) is 2.81. The molecule has 5 aromatic carbocycles. The first-order valence-corrected chi connectivity index (χ1v) is 10.1. The van der Waals surface area contributed by atoms with Gasteiger partial charge >= 0.3 is 5.97 Å². The lowest BCUT2D eigenvalue weighted by atomic mass is 9.94. The van der Waals surface area contributed by atoms with Crippen LogP contribution in [0, 0.1) is 0 Å². The molecule has 0 heterocycles. The summed E-state index contributed by atoms with van der Waals surface area (Å²) in [5.74, 6) is -0.385. The van der Waals surface area contributed by atoms with E-state index in [1.54, 1.807) is 42.5 Å². The Morgan fingerprint density at radius 3 is 1.91 bits per heavy atom. The van der Waals surface area contributed by atoms with Gasteiger partial charge in [0, 0.05) is 16.2 Å². The summed E-state index contributed by atoms with van der Waals surface area (Å²) >= 11 is 0. The molecule has 0 atom stereocenters. The Bertz CT molecular complexity index is 1550. The molecule has 0 aromatic heterocycles. The maximum atomic E-state index is 13.2. The number of fused-ring (bicyclic) bond motifs is 2. The Morgan fingerprint density at radius 1 is 0.576 bits per heavy atom. The highest BCUT2D eigenvalue weighted by Gasteiger charge is 2.19. The Labute approximate surface area is 188 Å². The highest BCUT2D eigenvalue weighted by molar-refractivity contribution is 6.07. The molecule has 0 aliphatic rings. The van der Waals surface area contributed by atoms with Crippen molar-refractivity contribution >= 4 is 27.5 Å². The molecular weight excluding hydrogens is 420 g/mol. The van der Waals surface area contributed by atoms with Gasteiger partial charge in [-0.2, -0.15) is 0 Å². The minimum atomic E-state index is -0.637. The fraction of sp³-hybridized carbons (Fsp3) is 0. The van der Waals surface area contributed by atoms with Gasteiger partial charge in [-0.1, -0.05) is 24.3 Å². The number of hydrogen-bond donors (Lipinski definition) is 4. The zero-order chi connectivity index (χ0) is 23.1. The Hall–Kier alpha value is -4.71. The van der Waals surface area contributed by atoms with Crippen LogP contribution in [0.5, 0.6) is 28.7 Å².